The molecule has 0 spiro atoms. The van der Waals surface area contributed by atoms with Gasteiger partial charge in [-0.05, 0) is 32.1 Å². The van der Waals surface area contributed by atoms with Gasteiger partial charge in [-0.1, -0.05) is 57.8 Å². The van der Waals surface area contributed by atoms with Gasteiger partial charge in [-0.3, -0.25) is 4.99 Å². The van der Waals surface area contributed by atoms with Crippen LogP contribution in [0.3, 0.4) is 0 Å². The summed E-state index contributed by atoms with van der Waals surface area (Å²) in [6.45, 7) is 0.999. The molecule has 0 aromatic carbocycles. The van der Waals surface area contributed by atoms with Crippen molar-refractivity contribution in [1.29, 1.82) is 0 Å². The number of aliphatic hydroxyl groups is 1. The Kier molecular flexibility index (Phi) is 7.64. The van der Waals surface area contributed by atoms with Crippen LogP contribution in [-0.2, 0) is 0 Å². The van der Waals surface area contributed by atoms with Crippen LogP contribution >= 0.6 is 0 Å². The van der Waals surface area contributed by atoms with Gasteiger partial charge in [0.15, 0.2) is 0 Å². The van der Waals surface area contributed by atoms with Gasteiger partial charge in [-0.15, -0.1) is 0 Å². The molecular formula is C18H33NO. The molecule has 0 aromatic heterocycles. The van der Waals surface area contributed by atoms with Crippen molar-refractivity contribution in [3.8, 4) is 0 Å². The monoisotopic (exact) mass is 279 g/mol. The van der Waals surface area contributed by atoms with Gasteiger partial charge in [-0.25, -0.2) is 0 Å². The van der Waals surface area contributed by atoms with Gasteiger partial charge in [0, 0.05) is 18.2 Å². The summed E-state index contributed by atoms with van der Waals surface area (Å²) >= 11 is 0. The molecule has 2 rings (SSSR count). The van der Waals surface area contributed by atoms with Crippen molar-refractivity contribution in [2.75, 3.05) is 6.54 Å². The molecule has 2 atom stereocenters. The Bertz CT molecular complexity index is 287. The van der Waals surface area contributed by atoms with Crippen molar-refractivity contribution >= 4 is 5.71 Å². The average molecular weight is 279 g/mol. The second-order valence-electron chi connectivity index (χ2n) is 6.76. The molecule has 2 aliphatic rings. The Hall–Kier alpha value is -0.370. The lowest BCUT2D eigenvalue weighted by Gasteiger charge is -2.26. The number of aliphatic hydroxyl groups excluding tert-OH is 1. The fourth-order valence-corrected chi connectivity index (χ4v) is 3.76. The zero-order chi connectivity index (χ0) is 14.0. The topological polar surface area (TPSA) is 32.6 Å². The summed E-state index contributed by atoms with van der Waals surface area (Å²) in [6, 6.07) is 0. The number of aliphatic imine (C=N–C) groups is 1. The van der Waals surface area contributed by atoms with Crippen molar-refractivity contribution < 1.29 is 5.11 Å². The standard InChI is InChI=1S/C18H33NO/c20-18-14-10-6-2-1-4-8-12-16(18)17-13-9-5-3-7-11-15-19-17/h16,18,20H,1-15H2. The van der Waals surface area contributed by atoms with Crippen molar-refractivity contribution in [3.63, 3.8) is 0 Å². The fraction of sp³-hybridized carbons (Fsp3) is 0.944. The Labute approximate surface area is 125 Å². The molecule has 1 N–H and O–H groups in total. The van der Waals surface area contributed by atoms with Gasteiger partial charge in [-0.2, -0.15) is 0 Å². The van der Waals surface area contributed by atoms with Crippen LogP contribution in [-0.4, -0.2) is 23.5 Å². The van der Waals surface area contributed by atoms with E-state index in [0.29, 0.717) is 5.92 Å². The second kappa shape index (κ2) is 9.55. The molecule has 1 fully saturated rings. The molecule has 1 heterocycles. The minimum Gasteiger partial charge on any atom is -0.392 e. The smallest absolute Gasteiger partial charge is 0.0620 e. The first-order chi connectivity index (χ1) is 9.88. The highest BCUT2D eigenvalue weighted by Crippen LogP contribution is 2.26. The number of nitrogens with zero attached hydrogens (tertiary/aromatic N) is 1. The summed E-state index contributed by atoms with van der Waals surface area (Å²) in [5, 5.41) is 10.6. The molecule has 1 aliphatic heterocycles. The van der Waals surface area contributed by atoms with E-state index in [9.17, 15) is 5.11 Å². The Morgan fingerprint density at radius 1 is 0.700 bits per heavy atom. The van der Waals surface area contributed by atoms with Crippen LogP contribution in [0.15, 0.2) is 4.99 Å². The summed E-state index contributed by atoms with van der Waals surface area (Å²) in [5.41, 5.74) is 1.36. The van der Waals surface area contributed by atoms with Crippen molar-refractivity contribution in [2.45, 2.75) is 96.0 Å². The van der Waals surface area contributed by atoms with E-state index in [1.165, 1.54) is 82.8 Å². The number of rotatable bonds is 1. The van der Waals surface area contributed by atoms with E-state index in [4.69, 9.17) is 4.99 Å². The van der Waals surface area contributed by atoms with E-state index in [1.54, 1.807) is 0 Å². The maximum atomic E-state index is 10.6. The lowest BCUT2D eigenvalue weighted by atomic mass is 9.84. The van der Waals surface area contributed by atoms with Crippen LogP contribution in [0.25, 0.3) is 0 Å². The molecule has 2 heteroatoms. The molecule has 2 nitrogen and oxygen atoms in total. The third-order valence-electron chi connectivity index (χ3n) is 5.06. The molecular weight excluding hydrogens is 246 g/mol. The van der Waals surface area contributed by atoms with Gasteiger partial charge in [0.2, 0.25) is 0 Å². The van der Waals surface area contributed by atoms with Crippen LogP contribution in [0.2, 0.25) is 0 Å². The molecule has 0 saturated heterocycles. The maximum Gasteiger partial charge on any atom is 0.0620 e. The predicted octanol–water partition coefficient (Wildman–Crippen LogP) is 4.89. The van der Waals surface area contributed by atoms with E-state index < -0.39 is 0 Å². The average Bonchev–Trinajstić information content (AvgIpc) is 2.59. The number of hydrogen-bond acceptors (Lipinski definition) is 2. The first-order valence-electron chi connectivity index (χ1n) is 9.09. The molecule has 2 unspecified atom stereocenters. The normalized spacial score (nSPS) is 31.6. The van der Waals surface area contributed by atoms with Gasteiger partial charge in [0.1, 0.15) is 0 Å². The van der Waals surface area contributed by atoms with Crippen LogP contribution in [0, 0.1) is 5.92 Å². The van der Waals surface area contributed by atoms with E-state index in [0.717, 1.165) is 19.4 Å². The lowest BCUT2D eigenvalue weighted by molar-refractivity contribution is 0.117. The van der Waals surface area contributed by atoms with Gasteiger partial charge >= 0.3 is 0 Å². The highest BCUT2D eigenvalue weighted by Gasteiger charge is 2.24. The summed E-state index contributed by atoms with van der Waals surface area (Å²) < 4.78 is 0. The zero-order valence-electron chi connectivity index (χ0n) is 13.2. The van der Waals surface area contributed by atoms with E-state index in [-0.39, 0.29) is 6.10 Å². The summed E-state index contributed by atoms with van der Waals surface area (Å²) in [4.78, 5) is 4.90. The van der Waals surface area contributed by atoms with Crippen LogP contribution in [0.5, 0.6) is 0 Å². The van der Waals surface area contributed by atoms with Crippen molar-refractivity contribution in [3.05, 3.63) is 0 Å². The van der Waals surface area contributed by atoms with E-state index in [2.05, 4.69) is 0 Å². The Balaban J connectivity index is 1.98. The Morgan fingerprint density at radius 2 is 1.30 bits per heavy atom. The van der Waals surface area contributed by atoms with Crippen molar-refractivity contribution in [2.24, 2.45) is 10.9 Å². The molecule has 116 valence electrons. The lowest BCUT2D eigenvalue weighted by Crippen LogP contribution is -2.29. The van der Waals surface area contributed by atoms with E-state index in [1.807, 2.05) is 0 Å². The van der Waals surface area contributed by atoms with E-state index >= 15 is 0 Å². The molecule has 0 amide bonds. The van der Waals surface area contributed by atoms with Crippen LogP contribution < -0.4 is 0 Å². The maximum absolute atomic E-state index is 10.6. The molecule has 1 saturated carbocycles. The zero-order valence-corrected chi connectivity index (χ0v) is 13.2. The third-order valence-corrected chi connectivity index (χ3v) is 5.06. The fourth-order valence-electron chi connectivity index (χ4n) is 3.76. The predicted molar refractivity (Wildman–Crippen MR) is 86.4 cm³/mol. The van der Waals surface area contributed by atoms with Gasteiger partial charge in [0.25, 0.3) is 0 Å². The van der Waals surface area contributed by atoms with Crippen LogP contribution in [0.4, 0.5) is 0 Å². The molecule has 0 radical (unpaired) electrons. The highest BCUT2D eigenvalue weighted by molar-refractivity contribution is 5.87. The Morgan fingerprint density at radius 3 is 2.10 bits per heavy atom. The molecule has 0 bridgehead atoms. The van der Waals surface area contributed by atoms with Gasteiger partial charge in [0.05, 0.1) is 6.10 Å². The molecule has 0 aromatic rings. The first-order valence-corrected chi connectivity index (χ1v) is 9.09. The second-order valence-corrected chi connectivity index (χ2v) is 6.76. The van der Waals surface area contributed by atoms with Gasteiger partial charge < -0.3 is 5.11 Å². The van der Waals surface area contributed by atoms with Crippen LogP contribution in [0.1, 0.15) is 89.9 Å². The molecule has 1 aliphatic carbocycles. The summed E-state index contributed by atoms with van der Waals surface area (Å²) in [5.74, 6) is 0.367. The largest absolute Gasteiger partial charge is 0.392 e. The quantitative estimate of drug-likeness (QED) is 0.728. The minimum atomic E-state index is -0.132. The summed E-state index contributed by atoms with van der Waals surface area (Å²) in [6.07, 6.45) is 17.6. The minimum absolute atomic E-state index is 0.132. The molecule has 20 heavy (non-hydrogen) atoms. The number of hydrogen-bond donors (Lipinski definition) is 1. The first kappa shape index (κ1) is 16.0. The van der Waals surface area contributed by atoms with Crippen molar-refractivity contribution in [1.82, 2.24) is 0 Å². The highest BCUT2D eigenvalue weighted by atomic mass is 16.3. The SMILES string of the molecule is OC1CCCCCCCCC1C1=NCCCCCCC1. The summed E-state index contributed by atoms with van der Waals surface area (Å²) in [7, 11) is 0. The third kappa shape index (κ3) is 5.55.